The number of nitrogens with one attached hydrogen (secondary N) is 1. The first kappa shape index (κ1) is 16.8. The fourth-order valence-corrected chi connectivity index (χ4v) is 2.65. The van der Waals surface area contributed by atoms with Crippen molar-refractivity contribution >= 4 is 23.4 Å². The van der Waals surface area contributed by atoms with Gasteiger partial charge in [-0.25, -0.2) is 0 Å². The molecular weight excluding hydrogens is 302 g/mol. The van der Waals surface area contributed by atoms with E-state index in [1.165, 1.54) is 0 Å². The molecular formula is C16H22ClN3O2. The minimum Gasteiger partial charge on any atom is -0.340 e. The van der Waals surface area contributed by atoms with Crippen molar-refractivity contribution in [3.8, 4) is 0 Å². The van der Waals surface area contributed by atoms with Gasteiger partial charge in [-0.05, 0) is 36.6 Å². The lowest BCUT2D eigenvalue weighted by atomic mass is 10.0. The second-order valence-corrected chi connectivity index (χ2v) is 6.47. The molecule has 0 aliphatic carbocycles. The quantitative estimate of drug-likeness (QED) is 0.884. The first-order valence-corrected chi connectivity index (χ1v) is 7.87. The van der Waals surface area contributed by atoms with Crippen LogP contribution in [0.3, 0.4) is 0 Å². The van der Waals surface area contributed by atoms with Gasteiger partial charge >= 0.3 is 0 Å². The Morgan fingerprint density at radius 3 is 2.45 bits per heavy atom. The van der Waals surface area contributed by atoms with E-state index in [-0.39, 0.29) is 23.8 Å². The lowest BCUT2D eigenvalue weighted by Crippen LogP contribution is -2.51. The van der Waals surface area contributed by atoms with E-state index in [2.05, 4.69) is 5.32 Å². The molecule has 0 spiro atoms. The van der Waals surface area contributed by atoms with Gasteiger partial charge in [0, 0.05) is 29.7 Å². The van der Waals surface area contributed by atoms with Gasteiger partial charge in [-0.3, -0.25) is 9.59 Å². The van der Waals surface area contributed by atoms with Gasteiger partial charge in [0.15, 0.2) is 0 Å². The molecule has 2 rings (SSSR count). The molecule has 2 atom stereocenters. The van der Waals surface area contributed by atoms with E-state index < -0.39 is 6.04 Å². The highest BCUT2D eigenvalue weighted by Crippen LogP contribution is 2.14. The first-order chi connectivity index (χ1) is 10.4. The Kier molecular flexibility index (Phi) is 5.42. The average Bonchev–Trinajstić information content (AvgIpc) is 2.91. The Hall–Kier alpha value is -1.59. The highest BCUT2D eigenvalue weighted by atomic mass is 35.5. The van der Waals surface area contributed by atoms with Crippen LogP contribution in [-0.4, -0.2) is 41.9 Å². The van der Waals surface area contributed by atoms with E-state index >= 15 is 0 Å². The predicted molar refractivity (Wildman–Crippen MR) is 86.7 cm³/mol. The predicted octanol–water partition coefficient (Wildman–Crippen LogP) is 1.65. The van der Waals surface area contributed by atoms with Crippen molar-refractivity contribution in [2.75, 3.05) is 13.1 Å². The molecule has 0 aromatic heterocycles. The first-order valence-electron chi connectivity index (χ1n) is 7.49. The maximum atomic E-state index is 12.6. The molecule has 1 aliphatic heterocycles. The van der Waals surface area contributed by atoms with Gasteiger partial charge in [0.05, 0.1) is 0 Å². The second-order valence-electron chi connectivity index (χ2n) is 6.04. The Morgan fingerprint density at radius 1 is 1.32 bits per heavy atom. The molecule has 1 heterocycles. The monoisotopic (exact) mass is 323 g/mol. The third kappa shape index (κ3) is 3.99. The van der Waals surface area contributed by atoms with E-state index in [0.717, 1.165) is 6.42 Å². The normalized spacial score (nSPS) is 19.3. The molecule has 22 heavy (non-hydrogen) atoms. The zero-order valence-corrected chi connectivity index (χ0v) is 13.6. The van der Waals surface area contributed by atoms with E-state index in [1.807, 2.05) is 13.8 Å². The molecule has 1 fully saturated rings. The molecule has 1 aliphatic rings. The number of carbonyl (C=O) groups excluding carboxylic acids is 2. The number of likely N-dealkylation sites (tertiary alicyclic amines) is 1. The van der Waals surface area contributed by atoms with Crippen LogP contribution in [0.2, 0.25) is 5.02 Å². The van der Waals surface area contributed by atoms with Crippen LogP contribution >= 0.6 is 11.6 Å². The minimum atomic E-state index is -0.548. The van der Waals surface area contributed by atoms with Crippen molar-refractivity contribution in [3.05, 3.63) is 34.9 Å². The summed E-state index contributed by atoms with van der Waals surface area (Å²) in [6.45, 7) is 5.04. The maximum Gasteiger partial charge on any atom is 0.251 e. The number of amides is 2. The zero-order valence-electron chi connectivity index (χ0n) is 12.9. The van der Waals surface area contributed by atoms with Crippen molar-refractivity contribution in [2.45, 2.75) is 32.4 Å². The second kappa shape index (κ2) is 7.11. The van der Waals surface area contributed by atoms with Crippen LogP contribution in [0.4, 0.5) is 0 Å². The molecule has 3 N–H and O–H groups in total. The number of nitrogens with zero attached hydrogens (tertiary/aromatic N) is 1. The number of rotatable bonds is 4. The Morgan fingerprint density at radius 2 is 1.95 bits per heavy atom. The van der Waals surface area contributed by atoms with Crippen molar-refractivity contribution in [1.82, 2.24) is 10.2 Å². The van der Waals surface area contributed by atoms with E-state index in [1.54, 1.807) is 29.2 Å². The molecule has 0 radical (unpaired) electrons. The van der Waals surface area contributed by atoms with Crippen LogP contribution in [0.25, 0.3) is 0 Å². The Balaban J connectivity index is 2.06. The summed E-state index contributed by atoms with van der Waals surface area (Å²) < 4.78 is 0. The lowest BCUT2D eigenvalue weighted by molar-refractivity contribution is -0.133. The van der Waals surface area contributed by atoms with Gasteiger partial charge in [0.2, 0.25) is 5.91 Å². The van der Waals surface area contributed by atoms with Gasteiger partial charge in [0.1, 0.15) is 6.04 Å². The Labute approximate surface area is 135 Å². The third-order valence-electron chi connectivity index (χ3n) is 3.86. The van der Waals surface area contributed by atoms with Crippen LogP contribution in [0.5, 0.6) is 0 Å². The fourth-order valence-electron chi connectivity index (χ4n) is 2.52. The number of nitrogens with two attached hydrogens (primary N) is 1. The van der Waals surface area contributed by atoms with Gasteiger partial charge in [-0.15, -0.1) is 0 Å². The summed E-state index contributed by atoms with van der Waals surface area (Å²) in [6, 6.07) is 6.08. The molecule has 5 nitrogen and oxygen atoms in total. The van der Waals surface area contributed by atoms with Gasteiger partial charge in [0.25, 0.3) is 5.91 Å². The molecule has 6 heteroatoms. The van der Waals surface area contributed by atoms with Crippen LogP contribution in [0.1, 0.15) is 30.6 Å². The van der Waals surface area contributed by atoms with Crippen molar-refractivity contribution in [1.29, 1.82) is 0 Å². The highest BCUT2D eigenvalue weighted by Gasteiger charge is 2.32. The van der Waals surface area contributed by atoms with Crippen LogP contribution in [0.15, 0.2) is 24.3 Å². The van der Waals surface area contributed by atoms with Crippen LogP contribution < -0.4 is 11.1 Å². The van der Waals surface area contributed by atoms with Gasteiger partial charge < -0.3 is 16.0 Å². The number of hydrogen-bond donors (Lipinski definition) is 2. The smallest absolute Gasteiger partial charge is 0.251 e. The minimum absolute atomic E-state index is 0.000532. The summed E-state index contributed by atoms with van der Waals surface area (Å²) in [4.78, 5) is 26.6. The topological polar surface area (TPSA) is 75.4 Å². The maximum absolute atomic E-state index is 12.6. The van der Waals surface area contributed by atoms with Gasteiger partial charge in [-0.1, -0.05) is 25.4 Å². The van der Waals surface area contributed by atoms with Crippen molar-refractivity contribution in [3.63, 3.8) is 0 Å². The molecule has 1 aromatic carbocycles. The zero-order chi connectivity index (χ0) is 16.3. The summed E-state index contributed by atoms with van der Waals surface area (Å²) in [7, 11) is 0. The highest BCUT2D eigenvalue weighted by molar-refractivity contribution is 6.30. The SMILES string of the molecule is CC(C)C(NC(=O)c1ccc(Cl)cc1)C(=O)N1CC[C@@H](N)C1. The summed E-state index contributed by atoms with van der Waals surface area (Å²) in [6.07, 6.45) is 0.807. The average molecular weight is 324 g/mol. The summed E-state index contributed by atoms with van der Waals surface area (Å²) in [5.74, 6) is -0.335. The molecule has 1 saturated heterocycles. The summed E-state index contributed by atoms with van der Waals surface area (Å²) >= 11 is 5.82. The van der Waals surface area contributed by atoms with Crippen molar-refractivity contribution < 1.29 is 9.59 Å². The molecule has 1 aromatic rings. The summed E-state index contributed by atoms with van der Waals surface area (Å²) in [5.41, 5.74) is 6.34. The van der Waals surface area contributed by atoms with E-state index in [9.17, 15) is 9.59 Å². The van der Waals surface area contributed by atoms with E-state index in [0.29, 0.717) is 23.7 Å². The third-order valence-corrected chi connectivity index (χ3v) is 4.11. The van der Waals surface area contributed by atoms with Crippen LogP contribution in [0, 0.1) is 5.92 Å². The lowest BCUT2D eigenvalue weighted by Gasteiger charge is -2.26. The van der Waals surface area contributed by atoms with Crippen LogP contribution in [-0.2, 0) is 4.79 Å². The molecule has 0 bridgehead atoms. The number of benzene rings is 1. The molecule has 0 saturated carbocycles. The van der Waals surface area contributed by atoms with Gasteiger partial charge in [-0.2, -0.15) is 0 Å². The van der Waals surface area contributed by atoms with E-state index in [4.69, 9.17) is 17.3 Å². The van der Waals surface area contributed by atoms with Crippen molar-refractivity contribution in [2.24, 2.45) is 11.7 Å². The molecule has 2 amide bonds. The largest absolute Gasteiger partial charge is 0.340 e. The Bertz CT molecular complexity index is 545. The fraction of sp³-hybridized carbons (Fsp3) is 0.500. The molecule has 120 valence electrons. The standard InChI is InChI=1S/C16H22ClN3O2/c1-10(2)14(16(22)20-8-7-13(18)9-20)19-15(21)11-3-5-12(17)6-4-11/h3-6,10,13-14H,7-9,18H2,1-2H3,(H,19,21)/t13-,14?/m1/s1. The summed E-state index contributed by atoms with van der Waals surface area (Å²) in [5, 5.41) is 3.40. The number of halogens is 1. The molecule has 1 unspecified atom stereocenters. The number of carbonyl (C=O) groups is 2. The number of hydrogen-bond acceptors (Lipinski definition) is 3.